The normalized spacial score (nSPS) is 31.3. The molecule has 0 amide bonds. The number of hydrogen-bond donors (Lipinski definition) is 4. The first kappa shape index (κ1) is 14.5. The van der Waals surface area contributed by atoms with Gasteiger partial charge in [0.1, 0.15) is 30.2 Å². The van der Waals surface area contributed by atoms with E-state index in [9.17, 15) is 15.3 Å². The summed E-state index contributed by atoms with van der Waals surface area (Å²) < 4.78 is 6.76. The van der Waals surface area contributed by atoms with E-state index in [2.05, 4.69) is 20.1 Å². The van der Waals surface area contributed by atoms with Crippen molar-refractivity contribution in [1.29, 1.82) is 0 Å². The number of aliphatic hydroxyl groups is 3. The Kier molecular flexibility index (Phi) is 3.35. The number of fused-ring (bicyclic) bond motifs is 1. The van der Waals surface area contributed by atoms with Gasteiger partial charge in [0, 0.05) is 4.91 Å². The number of nitrogen functional groups attached to an aromatic ring is 1. The second-order valence-electron chi connectivity index (χ2n) is 4.82. The Morgan fingerprint density at radius 2 is 2.27 bits per heavy atom. The van der Waals surface area contributed by atoms with Crippen molar-refractivity contribution in [1.82, 2.24) is 14.6 Å². The van der Waals surface area contributed by atoms with Gasteiger partial charge in [0.25, 0.3) is 0 Å². The average Bonchev–Trinajstić information content (AvgIpc) is 3.04. The van der Waals surface area contributed by atoms with Crippen molar-refractivity contribution in [3.05, 3.63) is 34.6 Å². The van der Waals surface area contributed by atoms with Gasteiger partial charge in [-0.15, -0.1) is 0 Å². The van der Waals surface area contributed by atoms with Crippen molar-refractivity contribution < 1.29 is 20.1 Å². The van der Waals surface area contributed by atoms with Gasteiger partial charge in [-0.3, -0.25) is 0 Å². The van der Waals surface area contributed by atoms with Crippen LogP contribution in [0.15, 0.2) is 23.6 Å². The zero-order chi connectivity index (χ0) is 15.9. The highest BCUT2D eigenvalue weighted by molar-refractivity contribution is 5.65. The van der Waals surface area contributed by atoms with Gasteiger partial charge in [0.15, 0.2) is 5.82 Å². The van der Waals surface area contributed by atoms with Crippen molar-refractivity contribution in [2.75, 3.05) is 12.3 Å². The molecule has 3 rings (SSSR count). The molecule has 2 aromatic rings. The molecule has 2 aromatic heterocycles. The van der Waals surface area contributed by atoms with E-state index >= 15 is 0 Å². The summed E-state index contributed by atoms with van der Waals surface area (Å²) in [6.45, 7) is -0.554. The predicted octanol–water partition coefficient (Wildman–Crippen LogP) is -1.11. The Morgan fingerprint density at radius 1 is 1.50 bits per heavy atom. The fourth-order valence-corrected chi connectivity index (χ4v) is 2.59. The van der Waals surface area contributed by atoms with Gasteiger partial charge in [-0.05, 0) is 22.8 Å². The zero-order valence-electron chi connectivity index (χ0n) is 11.2. The van der Waals surface area contributed by atoms with E-state index < -0.39 is 30.6 Å². The Morgan fingerprint density at radius 3 is 2.91 bits per heavy atom. The van der Waals surface area contributed by atoms with Gasteiger partial charge in [-0.1, -0.05) is 0 Å². The van der Waals surface area contributed by atoms with Gasteiger partial charge < -0.3 is 25.8 Å². The maximum atomic E-state index is 10.3. The van der Waals surface area contributed by atoms with Crippen molar-refractivity contribution in [2.24, 2.45) is 5.11 Å². The lowest BCUT2D eigenvalue weighted by Crippen LogP contribution is -2.40. The molecule has 0 radical (unpaired) electrons. The van der Waals surface area contributed by atoms with Crippen LogP contribution in [0.25, 0.3) is 16.0 Å². The number of aliphatic hydroxyl groups excluding tert-OH is 3. The second-order valence-corrected chi connectivity index (χ2v) is 4.82. The maximum absolute atomic E-state index is 10.3. The van der Waals surface area contributed by atoms with Crippen molar-refractivity contribution >= 4 is 11.3 Å². The molecular weight excluding hydrogens is 294 g/mol. The molecule has 1 fully saturated rings. The third kappa shape index (κ3) is 1.81. The van der Waals surface area contributed by atoms with Gasteiger partial charge in [0.05, 0.1) is 12.3 Å². The zero-order valence-corrected chi connectivity index (χ0v) is 11.2. The highest BCUT2D eigenvalue weighted by Crippen LogP contribution is 2.41. The number of ether oxygens (including phenoxy) is 1. The number of nitrogens with two attached hydrogens (primary N) is 1. The summed E-state index contributed by atoms with van der Waals surface area (Å²) in [4.78, 5) is 6.52. The van der Waals surface area contributed by atoms with E-state index in [0.717, 1.165) is 0 Å². The van der Waals surface area contributed by atoms with E-state index in [0.29, 0.717) is 5.52 Å². The van der Waals surface area contributed by atoms with E-state index in [4.69, 9.17) is 16.0 Å². The smallest absolute Gasteiger partial charge is 0.217 e. The molecule has 1 aliphatic rings. The lowest BCUT2D eigenvalue weighted by atomic mass is 10.0. The molecule has 0 aliphatic carbocycles. The third-order valence-corrected chi connectivity index (χ3v) is 3.66. The highest BCUT2D eigenvalue weighted by Gasteiger charge is 2.56. The van der Waals surface area contributed by atoms with Crippen LogP contribution in [0.3, 0.4) is 0 Å². The van der Waals surface area contributed by atoms with Gasteiger partial charge >= 0.3 is 0 Å². The van der Waals surface area contributed by atoms with Crippen LogP contribution in [-0.4, -0.2) is 54.8 Å². The monoisotopic (exact) mass is 307 g/mol. The van der Waals surface area contributed by atoms with Crippen LogP contribution in [-0.2, 0) is 10.5 Å². The fraction of sp³-hybridized carbons (Fsp3) is 0.455. The number of rotatable bonds is 3. The summed E-state index contributed by atoms with van der Waals surface area (Å²) in [7, 11) is 0. The Labute approximate surface area is 123 Å². The first-order chi connectivity index (χ1) is 10.5. The van der Waals surface area contributed by atoms with Crippen molar-refractivity contribution in [3.8, 4) is 0 Å². The molecule has 2 unspecified atom stereocenters. The summed E-state index contributed by atoms with van der Waals surface area (Å²) in [6.07, 6.45) is -2.93. The minimum Gasteiger partial charge on any atom is -0.394 e. The molecule has 116 valence electrons. The first-order valence-electron chi connectivity index (χ1n) is 6.35. The molecule has 11 nitrogen and oxygen atoms in total. The Bertz CT molecular complexity index is 758. The second kappa shape index (κ2) is 5.09. The Hall–Kier alpha value is -2.43. The molecule has 1 saturated heterocycles. The molecule has 11 heteroatoms. The lowest BCUT2D eigenvalue weighted by Gasteiger charge is -2.26. The fourth-order valence-electron chi connectivity index (χ4n) is 2.59. The quantitative estimate of drug-likeness (QED) is 0.315. The lowest BCUT2D eigenvalue weighted by molar-refractivity contribution is -0.0970. The summed E-state index contributed by atoms with van der Waals surface area (Å²) in [6, 6.07) is 3.05. The molecule has 0 bridgehead atoms. The maximum Gasteiger partial charge on any atom is 0.217 e. The SMILES string of the molecule is [N-]=[N+]=NC1(c2ccc3c(N)ncnn23)O[C@H](CO)C(O)[C@@H]1O. The standard InChI is InChI=1S/C11H13N7O4/c12-10-5-1-2-7(18(5)15-4-14-10)11(16-17-13)9(21)8(20)6(3-19)22-11/h1-2,4,6,8-9,19-21H,3H2,(H2,12,14,15)/t6-,8?,9+,11?/m1/s1. The summed E-state index contributed by atoms with van der Waals surface area (Å²) in [5.74, 6) is 0.184. The van der Waals surface area contributed by atoms with Crippen LogP contribution in [0, 0.1) is 0 Å². The molecule has 22 heavy (non-hydrogen) atoms. The molecule has 0 saturated carbocycles. The van der Waals surface area contributed by atoms with E-state index in [1.165, 1.54) is 16.9 Å². The van der Waals surface area contributed by atoms with Crippen LogP contribution < -0.4 is 5.73 Å². The van der Waals surface area contributed by atoms with Crippen LogP contribution in [0.2, 0.25) is 0 Å². The third-order valence-electron chi connectivity index (χ3n) is 3.66. The van der Waals surface area contributed by atoms with E-state index in [-0.39, 0.29) is 11.5 Å². The minimum absolute atomic E-state index is 0.164. The number of azide groups is 1. The molecule has 1 aliphatic heterocycles. The van der Waals surface area contributed by atoms with E-state index in [1.54, 1.807) is 6.07 Å². The van der Waals surface area contributed by atoms with Crippen molar-refractivity contribution in [2.45, 2.75) is 24.0 Å². The molecule has 5 N–H and O–H groups in total. The topological polar surface area (TPSA) is 175 Å². The van der Waals surface area contributed by atoms with Crippen LogP contribution in [0.1, 0.15) is 5.69 Å². The van der Waals surface area contributed by atoms with Gasteiger partial charge in [0.2, 0.25) is 5.72 Å². The van der Waals surface area contributed by atoms with Crippen LogP contribution in [0.4, 0.5) is 5.82 Å². The summed E-state index contributed by atoms with van der Waals surface area (Å²) >= 11 is 0. The number of anilines is 1. The molecule has 4 atom stereocenters. The van der Waals surface area contributed by atoms with Crippen LogP contribution in [0.5, 0.6) is 0 Å². The number of hydrogen-bond acceptors (Lipinski definition) is 8. The molecular formula is C11H13N7O4. The minimum atomic E-state index is -1.94. The Balaban J connectivity index is 2.24. The summed E-state index contributed by atoms with van der Waals surface area (Å²) in [5.41, 5.74) is 13.2. The van der Waals surface area contributed by atoms with E-state index in [1.807, 2.05) is 0 Å². The summed E-state index contributed by atoms with van der Waals surface area (Å²) in [5, 5.41) is 37.0. The number of nitrogens with zero attached hydrogens (tertiary/aromatic N) is 6. The van der Waals surface area contributed by atoms with Gasteiger partial charge in [-0.25, -0.2) is 9.50 Å². The van der Waals surface area contributed by atoms with Crippen molar-refractivity contribution in [3.63, 3.8) is 0 Å². The van der Waals surface area contributed by atoms with Gasteiger partial charge in [-0.2, -0.15) is 5.10 Å². The molecule has 0 spiro atoms. The highest BCUT2D eigenvalue weighted by atomic mass is 16.6. The largest absolute Gasteiger partial charge is 0.394 e. The van der Waals surface area contributed by atoms with Crippen LogP contribution >= 0.6 is 0 Å². The predicted molar refractivity (Wildman–Crippen MR) is 72.2 cm³/mol. The molecule has 3 heterocycles. The number of aromatic nitrogens is 3. The molecule has 0 aromatic carbocycles. The first-order valence-corrected chi connectivity index (χ1v) is 6.35. The average molecular weight is 307 g/mol.